The average Bonchev–Trinajstić information content (AvgIpc) is 2.82. The highest BCUT2D eigenvalue weighted by Crippen LogP contribution is 2.47. The van der Waals surface area contributed by atoms with Crippen LogP contribution in [0.4, 0.5) is 0 Å². The second kappa shape index (κ2) is 9.71. The van der Waals surface area contributed by atoms with Crippen LogP contribution in [-0.4, -0.2) is 23.9 Å². The van der Waals surface area contributed by atoms with Crippen LogP contribution < -0.4 is 10.6 Å². The molecular weight excluding hydrogens is 423 g/mol. The molecule has 0 saturated heterocycles. The number of benzene rings is 3. The third-order valence-electron chi connectivity index (χ3n) is 5.22. The lowest BCUT2D eigenvalue weighted by Gasteiger charge is -2.20. The predicted molar refractivity (Wildman–Crippen MR) is 125 cm³/mol. The molecule has 0 aromatic heterocycles. The van der Waals surface area contributed by atoms with Crippen molar-refractivity contribution in [3.8, 4) is 0 Å². The van der Waals surface area contributed by atoms with Crippen molar-refractivity contribution < 1.29 is 23.7 Å². The maximum absolute atomic E-state index is 14.4. The van der Waals surface area contributed by atoms with Crippen LogP contribution in [0.3, 0.4) is 0 Å². The molecule has 0 N–H and O–H groups in total. The number of Topliss-reactive ketones (excluding diaryl/α,β-unsaturated/α-hetero) is 1. The Bertz CT molecular complexity index is 1190. The molecule has 0 saturated carbocycles. The van der Waals surface area contributed by atoms with E-state index < -0.39 is 31.0 Å². The Hall–Kier alpha value is -3.56. The van der Waals surface area contributed by atoms with Crippen LogP contribution in [0.5, 0.6) is 0 Å². The van der Waals surface area contributed by atoms with Gasteiger partial charge in [0, 0.05) is 27.8 Å². The highest BCUT2D eigenvalue weighted by molar-refractivity contribution is 7.93. The summed E-state index contributed by atoms with van der Waals surface area (Å²) < 4.78 is 19.3. The topological polar surface area (TPSA) is 77.5 Å². The zero-order valence-electron chi connectivity index (χ0n) is 17.9. The molecule has 162 valence electrons. The molecule has 0 atom stereocenters. The summed E-state index contributed by atoms with van der Waals surface area (Å²) >= 11 is 0. The molecule has 5 nitrogen and oxygen atoms in total. The van der Waals surface area contributed by atoms with Crippen LogP contribution in [0.25, 0.3) is 0 Å². The van der Waals surface area contributed by atoms with Gasteiger partial charge in [0.25, 0.3) is 0 Å². The number of carbonyl (C=O) groups is 3. The molecule has 0 unspecified atom stereocenters. The fourth-order valence-electron chi connectivity index (χ4n) is 3.60. The van der Waals surface area contributed by atoms with Crippen molar-refractivity contribution >= 4 is 35.0 Å². The normalized spacial score (nSPS) is 10.9. The molecule has 0 bridgehead atoms. The lowest BCUT2D eigenvalue weighted by atomic mass is 9.95. The first kappa shape index (κ1) is 23.1. The fourth-order valence-corrected chi connectivity index (χ4v) is 6.14. The van der Waals surface area contributed by atoms with E-state index in [2.05, 4.69) is 6.58 Å². The second-order valence-corrected chi connectivity index (χ2v) is 9.91. The van der Waals surface area contributed by atoms with E-state index in [0.29, 0.717) is 21.7 Å². The van der Waals surface area contributed by atoms with E-state index in [1.165, 1.54) is 0 Å². The number of ketones is 1. The third kappa shape index (κ3) is 4.39. The SMILES string of the molecule is C=CC(=O)OCC(=O)c1c(C)ccc(C(=O)P(=O)(c2ccccc2)c2ccccc2)c1C. The van der Waals surface area contributed by atoms with Gasteiger partial charge in [-0.05, 0) is 25.0 Å². The van der Waals surface area contributed by atoms with Gasteiger partial charge >= 0.3 is 5.97 Å². The van der Waals surface area contributed by atoms with Gasteiger partial charge < -0.3 is 9.30 Å². The molecule has 0 aliphatic carbocycles. The molecule has 0 heterocycles. The quantitative estimate of drug-likeness (QED) is 0.222. The monoisotopic (exact) mass is 446 g/mol. The van der Waals surface area contributed by atoms with Crippen molar-refractivity contribution in [3.63, 3.8) is 0 Å². The minimum absolute atomic E-state index is 0.199. The first-order valence-electron chi connectivity index (χ1n) is 9.99. The zero-order chi connectivity index (χ0) is 23.3. The van der Waals surface area contributed by atoms with Crippen molar-refractivity contribution in [2.24, 2.45) is 0 Å². The molecule has 32 heavy (non-hydrogen) atoms. The van der Waals surface area contributed by atoms with Crippen LogP contribution >= 0.6 is 7.14 Å². The van der Waals surface area contributed by atoms with Crippen LogP contribution in [-0.2, 0) is 14.1 Å². The molecule has 0 fully saturated rings. The van der Waals surface area contributed by atoms with Crippen molar-refractivity contribution in [1.82, 2.24) is 0 Å². The molecule has 0 spiro atoms. The van der Waals surface area contributed by atoms with Crippen LogP contribution in [0, 0.1) is 13.8 Å². The third-order valence-corrected chi connectivity index (χ3v) is 8.08. The summed E-state index contributed by atoms with van der Waals surface area (Å²) in [6.07, 6.45) is 0.975. The first-order valence-corrected chi connectivity index (χ1v) is 11.7. The van der Waals surface area contributed by atoms with Gasteiger partial charge in [-0.2, -0.15) is 0 Å². The Morgan fingerprint density at radius 3 is 1.91 bits per heavy atom. The van der Waals surface area contributed by atoms with Crippen LogP contribution in [0.15, 0.2) is 85.5 Å². The summed E-state index contributed by atoms with van der Waals surface area (Å²) in [7, 11) is -3.71. The molecule has 3 rings (SSSR count). The van der Waals surface area contributed by atoms with Gasteiger partial charge in [-0.3, -0.25) is 9.59 Å². The average molecular weight is 446 g/mol. The van der Waals surface area contributed by atoms with Crippen molar-refractivity contribution in [2.45, 2.75) is 13.8 Å². The molecule has 3 aromatic rings. The lowest BCUT2D eigenvalue weighted by molar-refractivity contribution is -0.136. The van der Waals surface area contributed by atoms with E-state index in [1.807, 2.05) is 0 Å². The van der Waals surface area contributed by atoms with Gasteiger partial charge in [0.2, 0.25) is 18.4 Å². The minimum atomic E-state index is -3.71. The summed E-state index contributed by atoms with van der Waals surface area (Å²) in [4.78, 5) is 37.9. The predicted octanol–water partition coefficient (Wildman–Crippen LogP) is 4.37. The number of aryl methyl sites for hydroxylation is 1. The number of esters is 1. The summed E-state index contributed by atoms with van der Waals surface area (Å²) in [5.41, 5.74) is 0.963. The number of hydrogen-bond donors (Lipinski definition) is 0. The van der Waals surface area contributed by atoms with Gasteiger partial charge in [-0.1, -0.05) is 79.4 Å². The van der Waals surface area contributed by atoms with E-state index in [0.717, 1.165) is 6.08 Å². The van der Waals surface area contributed by atoms with Gasteiger partial charge in [0.15, 0.2) is 6.61 Å². The van der Waals surface area contributed by atoms with Gasteiger partial charge in [0.1, 0.15) is 0 Å². The van der Waals surface area contributed by atoms with Crippen LogP contribution in [0.2, 0.25) is 0 Å². The number of rotatable bonds is 8. The number of carbonyl (C=O) groups excluding carboxylic acids is 3. The van der Waals surface area contributed by atoms with Crippen molar-refractivity contribution in [1.29, 1.82) is 0 Å². The minimum Gasteiger partial charge on any atom is -0.454 e. The summed E-state index contributed by atoms with van der Waals surface area (Å²) in [6.45, 7) is 6.21. The maximum Gasteiger partial charge on any atom is 0.330 e. The van der Waals surface area contributed by atoms with E-state index >= 15 is 0 Å². The molecule has 3 aromatic carbocycles. The van der Waals surface area contributed by atoms with Gasteiger partial charge in [0.05, 0.1) is 0 Å². The maximum atomic E-state index is 14.4. The fraction of sp³-hybridized carbons (Fsp3) is 0.115. The molecule has 0 amide bonds. The summed E-state index contributed by atoms with van der Waals surface area (Å²) in [5, 5.41) is 0.841. The molecule has 0 aliphatic heterocycles. The Morgan fingerprint density at radius 2 is 1.41 bits per heavy atom. The molecule has 6 heteroatoms. The van der Waals surface area contributed by atoms with E-state index in [4.69, 9.17) is 4.74 Å². The lowest BCUT2D eigenvalue weighted by Crippen LogP contribution is -2.24. The molecule has 0 aliphatic rings. The first-order chi connectivity index (χ1) is 15.3. The molecular formula is C26H23O5P. The highest BCUT2D eigenvalue weighted by atomic mass is 31.2. The van der Waals surface area contributed by atoms with Crippen molar-refractivity contribution in [2.75, 3.05) is 6.61 Å². The smallest absolute Gasteiger partial charge is 0.330 e. The van der Waals surface area contributed by atoms with Gasteiger partial charge in [-0.25, -0.2) is 4.79 Å². The van der Waals surface area contributed by atoms with E-state index in [1.54, 1.807) is 86.6 Å². The largest absolute Gasteiger partial charge is 0.454 e. The van der Waals surface area contributed by atoms with Crippen LogP contribution in [0.1, 0.15) is 31.8 Å². The Labute approximate surface area is 187 Å². The summed E-state index contributed by atoms with van der Waals surface area (Å²) in [5.74, 6) is -1.15. The Balaban J connectivity index is 2.13. The van der Waals surface area contributed by atoms with E-state index in [-0.39, 0.29) is 11.1 Å². The highest BCUT2D eigenvalue weighted by Gasteiger charge is 2.37. The zero-order valence-corrected chi connectivity index (χ0v) is 18.8. The standard InChI is InChI=1S/C26H23O5P/c1-4-24(28)31-17-23(27)25-18(2)15-16-22(19(25)3)26(29)32(30,20-11-7-5-8-12-20)21-13-9-6-10-14-21/h4-16H,1,17H2,2-3H3. The molecule has 0 radical (unpaired) electrons. The summed E-state index contributed by atoms with van der Waals surface area (Å²) in [6, 6.07) is 20.5. The Morgan fingerprint density at radius 1 is 0.875 bits per heavy atom. The Kier molecular flexibility index (Phi) is 7.01. The van der Waals surface area contributed by atoms with Crippen molar-refractivity contribution in [3.05, 3.63) is 108 Å². The second-order valence-electron chi connectivity index (χ2n) is 7.25. The van der Waals surface area contributed by atoms with E-state index in [9.17, 15) is 18.9 Å². The number of ether oxygens (including phenoxy) is 1. The van der Waals surface area contributed by atoms with Gasteiger partial charge in [-0.15, -0.1) is 0 Å². The number of hydrogen-bond acceptors (Lipinski definition) is 5.